The molecule has 0 heterocycles. The fourth-order valence-corrected chi connectivity index (χ4v) is 2.10. The summed E-state index contributed by atoms with van der Waals surface area (Å²) in [6.45, 7) is 1.74. The zero-order valence-electron chi connectivity index (χ0n) is 10.9. The highest BCUT2D eigenvalue weighted by Gasteiger charge is 2.13. The number of rotatable bonds is 3. The van der Waals surface area contributed by atoms with E-state index in [-0.39, 0.29) is 5.69 Å². The van der Waals surface area contributed by atoms with Crippen LogP contribution in [0.1, 0.15) is 15.9 Å². The highest BCUT2D eigenvalue weighted by atomic mass is 35.5. The maximum atomic E-state index is 12.1. The number of nitrogens with zero attached hydrogens (tertiary/aromatic N) is 1. The predicted octanol–water partition coefficient (Wildman–Crippen LogP) is 4.46. The van der Waals surface area contributed by atoms with Crippen molar-refractivity contribution in [3.05, 3.63) is 67.7 Å². The van der Waals surface area contributed by atoms with E-state index < -0.39 is 10.8 Å². The van der Waals surface area contributed by atoms with E-state index in [9.17, 15) is 14.9 Å². The van der Waals surface area contributed by atoms with Crippen molar-refractivity contribution in [1.29, 1.82) is 0 Å². The molecule has 0 saturated heterocycles. The normalized spacial score (nSPS) is 10.2. The maximum absolute atomic E-state index is 12.1. The van der Waals surface area contributed by atoms with Crippen LogP contribution in [-0.4, -0.2) is 10.8 Å². The van der Waals surface area contributed by atoms with Crippen LogP contribution in [0.25, 0.3) is 0 Å². The lowest BCUT2D eigenvalue weighted by molar-refractivity contribution is -0.384. The number of carbonyl (C=O) groups is 1. The first kappa shape index (κ1) is 15.3. The van der Waals surface area contributed by atoms with E-state index in [4.69, 9.17) is 23.2 Å². The van der Waals surface area contributed by atoms with Gasteiger partial charge in [0, 0.05) is 22.7 Å². The molecule has 2 aromatic carbocycles. The fraction of sp³-hybridized carbons (Fsp3) is 0.0714. The summed E-state index contributed by atoms with van der Waals surface area (Å²) in [6, 6.07) is 8.52. The van der Waals surface area contributed by atoms with Crippen molar-refractivity contribution in [2.45, 2.75) is 6.92 Å². The van der Waals surface area contributed by atoms with E-state index in [0.717, 1.165) is 0 Å². The molecule has 0 bridgehead atoms. The van der Waals surface area contributed by atoms with Gasteiger partial charge in [-0.2, -0.15) is 0 Å². The number of carbonyl (C=O) groups excluding carboxylic acids is 1. The Morgan fingerprint density at radius 2 is 1.76 bits per heavy atom. The summed E-state index contributed by atoms with van der Waals surface area (Å²) in [7, 11) is 0. The van der Waals surface area contributed by atoms with Gasteiger partial charge in [-0.25, -0.2) is 0 Å². The van der Waals surface area contributed by atoms with E-state index in [0.29, 0.717) is 26.9 Å². The van der Waals surface area contributed by atoms with Crippen molar-refractivity contribution in [2.24, 2.45) is 0 Å². The summed E-state index contributed by atoms with van der Waals surface area (Å²) in [4.78, 5) is 22.1. The summed E-state index contributed by atoms with van der Waals surface area (Å²) in [6.07, 6.45) is 0. The molecular weight excluding hydrogens is 315 g/mol. The Kier molecular flexibility index (Phi) is 4.45. The number of benzene rings is 2. The van der Waals surface area contributed by atoms with Gasteiger partial charge in [0.1, 0.15) is 0 Å². The largest absolute Gasteiger partial charge is 0.321 e. The number of anilines is 1. The highest BCUT2D eigenvalue weighted by molar-refractivity contribution is 6.38. The maximum Gasteiger partial charge on any atom is 0.269 e. The summed E-state index contributed by atoms with van der Waals surface area (Å²) in [5, 5.41) is 14.1. The first-order chi connectivity index (χ1) is 9.90. The van der Waals surface area contributed by atoms with Crippen LogP contribution < -0.4 is 5.32 Å². The van der Waals surface area contributed by atoms with Crippen LogP contribution in [-0.2, 0) is 0 Å². The molecule has 0 saturated carbocycles. The summed E-state index contributed by atoms with van der Waals surface area (Å²) < 4.78 is 0. The van der Waals surface area contributed by atoms with Crippen molar-refractivity contribution in [1.82, 2.24) is 0 Å². The Morgan fingerprint density at radius 1 is 1.14 bits per heavy atom. The second kappa shape index (κ2) is 6.11. The highest BCUT2D eigenvalue weighted by Crippen LogP contribution is 2.31. The van der Waals surface area contributed by atoms with Gasteiger partial charge in [0.25, 0.3) is 11.6 Å². The molecule has 7 heteroatoms. The van der Waals surface area contributed by atoms with Crippen molar-refractivity contribution < 1.29 is 9.72 Å². The lowest BCUT2D eigenvalue weighted by Gasteiger charge is -2.10. The third-order valence-corrected chi connectivity index (χ3v) is 3.81. The van der Waals surface area contributed by atoms with Gasteiger partial charge >= 0.3 is 0 Å². The van der Waals surface area contributed by atoms with Gasteiger partial charge < -0.3 is 5.32 Å². The Morgan fingerprint density at radius 3 is 2.33 bits per heavy atom. The van der Waals surface area contributed by atoms with Crippen molar-refractivity contribution in [3.63, 3.8) is 0 Å². The van der Waals surface area contributed by atoms with Crippen LogP contribution in [0.3, 0.4) is 0 Å². The van der Waals surface area contributed by atoms with Crippen LogP contribution in [0.5, 0.6) is 0 Å². The molecule has 0 aliphatic rings. The Labute approximate surface area is 130 Å². The van der Waals surface area contributed by atoms with Gasteiger partial charge in [-0.15, -0.1) is 0 Å². The number of non-ortho nitro benzene ring substituents is 1. The number of nitro benzene ring substituents is 1. The Bertz CT molecular complexity index is 715. The van der Waals surface area contributed by atoms with Crippen LogP contribution in [0.2, 0.25) is 10.0 Å². The van der Waals surface area contributed by atoms with Gasteiger partial charge in [0.05, 0.1) is 15.6 Å². The zero-order chi connectivity index (χ0) is 15.6. The molecule has 0 radical (unpaired) electrons. The molecule has 5 nitrogen and oxygen atoms in total. The SMILES string of the molecule is Cc1c(Cl)ccc(NC(=O)c2ccc([N+](=O)[O-])cc2)c1Cl. The minimum atomic E-state index is -0.527. The fourth-order valence-electron chi connectivity index (χ4n) is 1.69. The molecule has 0 unspecified atom stereocenters. The molecule has 0 fully saturated rings. The number of nitrogens with one attached hydrogen (secondary N) is 1. The van der Waals surface area contributed by atoms with E-state index >= 15 is 0 Å². The van der Waals surface area contributed by atoms with Gasteiger partial charge in [-0.05, 0) is 36.8 Å². The average Bonchev–Trinajstić information content (AvgIpc) is 2.48. The van der Waals surface area contributed by atoms with Crippen LogP contribution in [0.15, 0.2) is 36.4 Å². The first-order valence-corrected chi connectivity index (χ1v) is 6.66. The Balaban J connectivity index is 2.22. The van der Waals surface area contributed by atoms with E-state index in [1.165, 1.54) is 24.3 Å². The molecule has 108 valence electrons. The number of amides is 1. The van der Waals surface area contributed by atoms with Gasteiger partial charge in [-0.3, -0.25) is 14.9 Å². The minimum Gasteiger partial charge on any atom is -0.321 e. The summed E-state index contributed by atoms with van der Waals surface area (Å²) >= 11 is 12.0. The van der Waals surface area contributed by atoms with Crippen LogP contribution in [0.4, 0.5) is 11.4 Å². The third-order valence-electron chi connectivity index (χ3n) is 2.91. The van der Waals surface area contributed by atoms with Crippen molar-refractivity contribution in [3.8, 4) is 0 Å². The molecule has 0 atom stereocenters. The first-order valence-electron chi connectivity index (χ1n) is 5.90. The standard InChI is InChI=1S/C14H10Cl2N2O3/c1-8-11(15)6-7-12(13(8)16)17-14(19)9-2-4-10(5-3-9)18(20)21/h2-7H,1H3,(H,17,19). The van der Waals surface area contributed by atoms with Gasteiger partial charge in [-0.1, -0.05) is 23.2 Å². The topological polar surface area (TPSA) is 72.2 Å². The van der Waals surface area contributed by atoms with Crippen molar-refractivity contribution >= 4 is 40.5 Å². The second-order valence-electron chi connectivity index (χ2n) is 4.29. The molecule has 1 amide bonds. The molecule has 0 aliphatic carbocycles. The van der Waals surface area contributed by atoms with E-state index in [1.54, 1.807) is 19.1 Å². The van der Waals surface area contributed by atoms with Crippen LogP contribution >= 0.6 is 23.2 Å². The quantitative estimate of drug-likeness (QED) is 0.669. The number of nitro groups is 1. The summed E-state index contributed by atoms with van der Waals surface area (Å²) in [5.74, 6) is -0.409. The molecule has 2 aromatic rings. The molecule has 1 N–H and O–H groups in total. The number of hydrogen-bond acceptors (Lipinski definition) is 3. The van der Waals surface area contributed by atoms with E-state index in [1.807, 2.05) is 0 Å². The number of halogens is 2. The molecule has 0 spiro atoms. The molecule has 0 aliphatic heterocycles. The third kappa shape index (κ3) is 3.32. The number of hydrogen-bond donors (Lipinski definition) is 1. The van der Waals surface area contributed by atoms with E-state index in [2.05, 4.69) is 5.32 Å². The van der Waals surface area contributed by atoms with Crippen molar-refractivity contribution in [2.75, 3.05) is 5.32 Å². The molecule has 0 aromatic heterocycles. The average molecular weight is 325 g/mol. The van der Waals surface area contributed by atoms with Crippen LogP contribution in [0, 0.1) is 17.0 Å². The van der Waals surface area contributed by atoms with Gasteiger partial charge in [0.2, 0.25) is 0 Å². The molecule has 2 rings (SSSR count). The van der Waals surface area contributed by atoms with Gasteiger partial charge in [0.15, 0.2) is 0 Å². The lowest BCUT2D eigenvalue weighted by atomic mass is 10.1. The minimum absolute atomic E-state index is 0.0769. The zero-order valence-corrected chi connectivity index (χ0v) is 12.4. The Hall–Kier alpha value is -2.11. The second-order valence-corrected chi connectivity index (χ2v) is 5.08. The molecular formula is C14H10Cl2N2O3. The summed E-state index contributed by atoms with van der Waals surface area (Å²) in [5.41, 5.74) is 1.32. The lowest BCUT2D eigenvalue weighted by Crippen LogP contribution is -2.12. The smallest absolute Gasteiger partial charge is 0.269 e. The molecule has 21 heavy (non-hydrogen) atoms. The monoisotopic (exact) mass is 324 g/mol. The predicted molar refractivity (Wildman–Crippen MR) is 82.2 cm³/mol.